The van der Waals surface area contributed by atoms with E-state index in [2.05, 4.69) is 172 Å². The van der Waals surface area contributed by atoms with E-state index in [4.69, 9.17) is 43.6 Å². The molecule has 0 radical (unpaired) electrons. The van der Waals surface area contributed by atoms with Gasteiger partial charge in [-0.2, -0.15) is 0 Å². The van der Waals surface area contributed by atoms with Crippen LogP contribution in [0.5, 0.6) is 11.5 Å². The van der Waals surface area contributed by atoms with Crippen molar-refractivity contribution in [2.45, 2.75) is 0 Å². The first-order valence-electron chi connectivity index (χ1n) is 31.7. The zero-order chi connectivity index (χ0) is 60.2. The largest absolute Gasteiger partial charge is 0.491 e. The summed E-state index contributed by atoms with van der Waals surface area (Å²) < 4.78 is 30.8. The molecule has 0 atom stereocenters. The minimum absolute atomic E-state index is 0.353. The quantitative estimate of drug-likeness (QED) is 0.0474. The zero-order valence-electron chi connectivity index (χ0n) is 51.8. The number of aromatic nitrogens is 8. The van der Waals surface area contributed by atoms with Gasteiger partial charge in [0.15, 0.2) is 0 Å². The molecule has 0 saturated carbocycles. The number of nitrogens with one attached hydrogen (secondary N) is 4. The molecule has 4 aliphatic rings. The van der Waals surface area contributed by atoms with Crippen LogP contribution in [-0.4, -0.2) is 245 Å². The second-order valence-electron chi connectivity index (χ2n) is 24.3. The maximum Gasteiger partial charge on any atom is 0.138 e. The standard InChI is InChI=1S/C68H82N16O5/c1-77-13-21-81(22-14-77)51-5-9-57-61(43-51)73-65(69-57)47-37-48(66-70-58-10-6-52(44-62(58)74-66)82-23-15-78(2)16-24-82)40-55(39-47)88-35-33-86-31-29-85-30-32-87-34-36-89-56-41-49(67-71-59-11-7-53(45-63(59)75-67)83-25-17-79(3)18-26-83)38-50(42-56)68-72-60-12-8-54(46-64(60)76-68)84-27-19-80(4)20-28-84/h5-12,37-46H,13-36H2,1-4H3,(H,69,73)(H,70,74)(H,71,75)(H,72,76). The van der Waals surface area contributed by atoms with E-state index in [1.807, 2.05) is 24.3 Å². The van der Waals surface area contributed by atoms with Crippen molar-refractivity contribution in [1.29, 1.82) is 0 Å². The zero-order valence-corrected chi connectivity index (χ0v) is 51.8. The van der Waals surface area contributed by atoms with Crippen LogP contribution < -0.4 is 29.1 Å². The van der Waals surface area contributed by atoms with Gasteiger partial charge in [-0.25, -0.2) is 19.9 Å². The number of anilines is 4. The summed E-state index contributed by atoms with van der Waals surface area (Å²) in [6.45, 7) is 19.5. The third-order valence-corrected chi connectivity index (χ3v) is 18.0. The molecule has 89 heavy (non-hydrogen) atoms. The minimum Gasteiger partial charge on any atom is -0.491 e. The highest BCUT2D eigenvalue weighted by molar-refractivity contribution is 5.88. The van der Waals surface area contributed by atoms with Crippen LogP contribution in [0.1, 0.15) is 0 Å². The first-order valence-corrected chi connectivity index (χ1v) is 31.7. The van der Waals surface area contributed by atoms with Crippen molar-refractivity contribution < 1.29 is 23.7 Å². The van der Waals surface area contributed by atoms with Gasteiger partial charge in [-0.3, -0.25) is 0 Å². The molecule has 0 amide bonds. The van der Waals surface area contributed by atoms with Crippen molar-refractivity contribution in [1.82, 2.24) is 59.5 Å². The second kappa shape index (κ2) is 26.4. The Balaban J connectivity index is 0.581. The van der Waals surface area contributed by atoms with Gasteiger partial charge in [-0.1, -0.05) is 0 Å². The molecule has 21 nitrogen and oxygen atoms in total. The number of fused-ring (bicyclic) bond motifs is 4. The fourth-order valence-electron chi connectivity index (χ4n) is 12.5. The summed E-state index contributed by atoms with van der Waals surface area (Å²) in [5.41, 5.74) is 16.1. The topological polar surface area (TPSA) is 187 Å². The van der Waals surface area contributed by atoms with Crippen molar-refractivity contribution in [3.63, 3.8) is 0 Å². The summed E-state index contributed by atoms with van der Waals surface area (Å²) in [7, 11) is 8.73. The van der Waals surface area contributed by atoms with Crippen molar-refractivity contribution in [2.75, 3.05) is 205 Å². The second-order valence-corrected chi connectivity index (χ2v) is 24.3. The van der Waals surface area contributed by atoms with E-state index in [-0.39, 0.29) is 0 Å². The van der Waals surface area contributed by atoms with E-state index in [9.17, 15) is 0 Å². The summed E-state index contributed by atoms with van der Waals surface area (Å²) >= 11 is 0. The molecule has 14 rings (SSSR count). The highest BCUT2D eigenvalue weighted by Crippen LogP contribution is 2.36. The van der Waals surface area contributed by atoms with Gasteiger partial charge in [0.2, 0.25) is 0 Å². The van der Waals surface area contributed by atoms with E-state index in [1.165, 1.54) is 22.7 Å². The fraction of sp³-hybridized carbons (Fsp3) is 0.412. The average molecular weight is 1200 g/mol. The molecule has 464 valence electrons. The highest BCUT2D eigenvalue weighted by Gasteiger charge is 2.22. The van der Waals surface area contributed by atoms with Gasteiger partial charge in [0.1, 0.15) is 48.0 Å². The third-order valence-electron chi connectivity index (χ3n) is 18.0. The molecule has 21 heteroatoms. The molecular formula is C68H82N16O5. The Morgan fingerprint density at radius 2 is 0.528 bits per heavy atom. The number of imidazole rings is 4. The summed E-state index contributed by atoms with van der Waals surface area (Å²) in [5, 5.41) is 0. The molecule has 6 aromatic carbocycles. The summed E-state index contributed by atoms with van der Waals surface area (Å²) in [5.74, 6) is 4.47. The molecule has 4 N–H and O–H groups in total. The van der Waals surface area contributed by atoms with Crippen LogP contribution in [0.2, 0.25) is 0 Å². The van der Waals surface area contributed by atoms with Crippen LogP contribution >= 0.6 is 0 Å². The smallest absolute Gasteiger partial charge is 0.138 e. The molecule has 8 heterocycles. The molecule has 0 spiro atoms. The van der Waals surface area contributed by atoms with Crippen LogP contribution in [0.4, 0.5) is 22.7 Å². The van der Waals surface area contributed by atoms with E-state index in [0.717, 1.165) is 194 Å². The molecular weight excluding hydrogens is 1120 g/mol. The van der Waals surface area contributed by atoms with Gasteiger partial charge in [0, 0.05) is 150 Å². The number of aromatic amines is 4. The summed E-state index contributed by atoms with van der Waals surface area (Å²) in [4.78, 5) is 54.1. The monoisotopic (exact) mass is 1200 g/mol. The number of rotatable bonds is 22. The first-order chi connectivity index (χ1) is 43.6. The highest BCUT2D eigenvalue weighted by atomic mass is 16.6. The van der Waals surface area contributed by atoms with Crippen molar-refractivity contribution >= 4 is 66.9 Å². The Morgan fingerprint density at radius 3 is 0.775 bits per heavy atom. The number of ether oxygens (including phenoxy) is 5. The third kappa shape index (κ3) is 13.7. The Bertz CT molecular complexity index is 3540. The molecule has 0 aliphatic carbocycles. The summed E-state index contributed by atoms with van der Waals surface area (Å²) in [6.07, 6.45) is 0. The van der Waals surface area contributed by atoms with Crippen LogP contribution in [0.15, 0.2) is 109 Å². The average Bonchev–Trinajstić information content (AvgIpc) is 2.90. The summed E-state index contributed by atoms with van der Waals surface area (Å²) in [6, 6.07) is 38.5. The lowest BCUT2D eigenvalue weighted by atomic mass is 10.1. The van der Waals surface area contributed by atoms with Crippen molar-refractivity contribution in [3.05, 3.63) is 109 Å². The Kier molecular flexibility index (Phi) is 17.3. The van der Waals surface area contributed by atoms with E-state index < -0.39 is 0 Å². The van der Waals surface area contributed by atoms with Crippen LogP contribution in [0.25, 0.3) is 89.7 Å². The number of nitrogens with zero attached hydrogens (tertiary/aromatic N) is 12. The molecule has 4 aliphatic heterocycles. The predicted octanol–water partition coefficient (Wildman–Crippen LogP) is 8.37. The number of hydrogen-bond acceptors (Lipinski definition) is 17. The molecule has 4 aromatic heterocycles. The Hall–Kier alpha value is -8.28. The lowest BCUT2D eigenvalue weighted by molar-refractivity contribution is 0.00500. The molecule has 10 aromatic rings. The Labute approximate surface area is 519 Å². The van der Waals surface area contributed by atoms with Gasteiger partial charge in [-0.15, -0.1) is 0 Å². The van der Waals surface area contributed by atoms with Gasteiger partial charge in [0.05, 0.1) is 83.8 Å². The SMILES string of the molecule is CN1CCN(c2ccc3nc(-c4cc(OCCOCCOCCOCCOc5cc(-c6nc7ccc(N8CCN(C)CC8)cc7[nH]6)cc(-c6nc7ccc(N8CCN(C)CC8)cc7[nH]6)c5)cc(-c5nc6ccc(N7CCN(C)CC7)cc6[nH]5)c4)[nH]c3c2)CC1. The van der Waals surface area contributed by atoms with E-state index in [0.29, 0.717) is 64.4 Å². The first kappa shape index (κ1) is 58.4. The minimum atomic E-state index is 0.353. The molecule has 0 bridgehead atoms. The maximum atomic E-state index is 6.42. The molecule has 0 unspecified atom stereocenters. The number of hydrogen-bond donors (Lipinski definition) is 4. The van der Waals surface area contributed by atoms with Gasteiger partial charge in [0.25, 0.3) is 0 Å². The molecule has 4 fully saturated rings. The maximum absolute atomic E-state index is 6.42. The van der Waals surface area contributed by atoms with Gasteiger partial charge < -0.3 is 82.8 Å². The lowest BCUT2D eigenvalue weighted by Gasteiger charge is -2.34. The van der Waals surface area contributed by atoms with E-state index >= 15 is 0 Å². The van der Waals surface area contributed by atoms with Gasteiger partial charge in [-0.05, 0) is 137 Å². The number of piperazine rings is 4. The number of likely N-dealkylation sites (N-methyl/N-ethyl adjacent to an activating group) is 4. The van der Waals surface area contributed by atoms with Gasteiger partial charge >= 0.3 is 0 Å². The van der Waals surface area contributed by atoms with Crippen LogP contribution in [0, 0.1) is 0 Å². The van der Waals surface area contributed by atoms with E-state index in [1.54, 1.807) is 0 Å². The Morgan fingerprint density at radius 1 is 0.292 bits per heavy atom. The van der Waals surface area contributed by atoms with Crippen LogP contribution in [-0.2, 0) is 14.2 Å². The normalized spacial score (nSPS) is 16.9. The number of H-pyrrole nitrogens is 4. The van der Waals surface area contributed by atoms with Crippen molar-refractivity contribution in [3.8, 4) is 57.1 Å². The molecule has 4 saturated heterocycles. The number of benzene rings is 6. The lowest BCUT2D eigenvalue weighted by Crippen LogP contribution is -2.44. The van der Waals surface area contributed by atoms with Crippen LogP contribution in [0.3, 0.4) is 0 Å². The van der Waals surface area contributed by atoms with Crippen molar-refractivity contribution in [2.24, 2.45) is 0 Å². The fourth-order valence-corrected chi connectivity index (χ4v) is 12.5. The predicted molar refractivity (Wildman–Crippen MR) is 356 cm³/mol.